The Balaban J connectivity index is 3.02. The number of aliphatic hydroxyl groups is 1. The Hall–Kier alpha value is -4.60. The van der Waals surface area contributed by atoms with Gasteiger partial charge in [-0.2, -0.15) is 0 Å². The van der Waals surface area contributed by atoms with Crippen molar-refractivity contribution < 1.29 is 52.8 Å². The highest BCUT2D eigenvalue weighted by Gasteiger charge is 2.33. The first-order chi connectivity index (χ1) is 21.3. The van der Waals surface area contributed by atoms with Gasteiger partial charge in [-0.1, -0.05) is 30.3 Å². The Morgan fingerprint density at radius 2 is 1.33 bits per heavy atom. The number of benzene rings is 1. The van der Waals surface area contributed by atoms with Crippen molar-refractivity contribution >= 4 is 36.1 Å². The Morgan fingerprint density at radius 3 is 1.85 bits per heavy atom. The summed E-state index contributed by atoms with van der Waals surface area (Å²) in [4.78, 5) is 75.5. The van der Waals surface area contributed by atoms with Gasteiger partial charge in [-0.05, 0) is 60.5 Å². The second kappa shape index (κ2) is 18.4. The number of amides is 5. The van der Waals surface area contributed by atoms with Crippen LogP contribution in [0.15, 0.2) is 30.3 Å². The monoisotopic (exact) mass is 653 g/mol. The lowest BCUT2D eigenvalue weighted by atomic mass is 10.1. The van der Waals surface area contributed by atoms with E-state index in [0.29, 0.717) is 5.56 Å². The van der Waals surface area contributed by atoms with Crippen LogP contribution in [0.25, 0.3) is 0 Å². The number of aliphatic hydroxyl groups excluding tert-OH is 1. The second-order valence-corrected chi connectivity index (χ2v) is 12.2. The van der Waals surface area contributed by atoms with Gasteiger partial charge in [0.2, 0.25) is 11.8 Å². The molecule has 16 nitrogen and oxygen atoms in total. The van der Waals surface area contributed by atoms with Crippen molar-refractivity contribution in [1.82, 2.24) is 26.6 Å². The maximum absolute atomic E-state index is 13.3. The number of alkyl carbamates (subject to hydrolysis) is 3. The number of carbonyl (C=O) groups is 6. The van der Waals surface area contributed by atoms with Crippen LogP contribution in [0.2, 0.25) is 0 Å². The first kappa shape index (κ1) is 39.4. The molecule has 4 atom stereocenters. The van der Waals surface area contributed by atoms with Crippen LogP contribution < -0.4 is 26.6 Å². The van der Waals surface area contributed by atoms with Gasteiger partial charge in [-0.15, -0.1) is 0 Å². The summed E-state index contributed by atoms with van der Waals surface area (Å²) in [5.74, 6) is -2.83. The molecule has 46 heavy (non-hydrogen) atoms. The Bertz CT molecular complexity index is 1180. The minimum atomic E-state index is -1.62. The maximum atomic E-state index is 13.3. The molecule has 6 N–H and O–H groups in total. The molecule has 0 radical (unpaired) electrons. The van der Waals surface area contributed by atoms with Crippen molar-refractivity contribution in [1.29, 1.82) is 0 Å². The van der Waals surface area contributed by atoms with E-state index < -0.39 is 78.0 Å². The summed E-state index contributed by atoms with van der Waals surface area (Å²) in [7, 11) is 1.07. The number of hydrogen-bond donors (Lipinski definition) is 6. The average molecular weight is 654 g/mol. The van der Waals surface area contributed by atoms with E-state index in [9.17, 15) is 33.9 Å². The van der Waals surface area contributed by atoms with Crippen LogP contribution in [0.5, 0.6) is 0 Å². The fraction of sp³-hybridized carbons (Fsp3) is 0.600. The lowest BCUT2D eigenvalue weighted by Crippen LogP contribution is -2.60. The molecule has 1 rings (SSSR count). The van der Waals surface area contributed by atoms with Gasteiger partial charge < -0.3 is 50.6 Å². The molecule has 0 spiro atoms. The third kappa shape index (κ3) is 16.5. The molecule has 1 aromatic rings. The lowest BCUT2D eigenvalue weighted by molar-refractivity contribution is -0.145. The minimum absolute atomic E-state index is 0.0951. The van der Waals surface area contributed by atoms with E-state index in [1.54, 1.807) is 71.9 Å². The first-order valence-corrected chi connectivity index (χ1v) is 14.6. The molecular formula is C30H47N5O11. The van der Waals surface area contributed by atoms with Crippen LogP contribution in [0.3, 0.4) is 0 Å². The van der Waals surface area contributed by atoms with Gasteiger partial charge in [-0.3, -0.25) is 9.59 Å². The van der Waals surface area contributed by atoms with Crippen LogP contribution in [0.4, 0.5) is 14.4 Å². The number of esters is 1. The molecule has 0 heterocycles. The molecule has 1 aromatic carbocycles. The number of methoxy groups -OCH3 is 1. The van der Waals surface area contributed by atoms with Crippen LogP contribution in [0, 0.1) is 0 Å². The van der Waals surface area contributed by atoms with Crippen molar-refractivity contribution in [2.24, 2.45) is 0 Å². The van der Waals surface area contributed by atoms with Gasteiger partial charge in [0.15, 0.2) is 0 Å². The zero-order valence-electron chi connectivity index (χ0n) is 27.6. The molecular weight excluding hydrogens is 606 g/mol. The number of ether oxygens (including phenoxy) is 4. The van der Waals surface area contributed by atoms with Crippen LogP contribution in [-0.4, -0.2) is 96.8 Å². The first-order valence-electron chi connectivity index (χ1n) is 14.6. The molecule has 0 aromatic heterocycles. The van der Waals surface area contributed by atoms with Crippen LogP contribution in [0.1, 0.15) is 60.5 Å². The highest BCUT2D eigenvalue weighted by Crippen LogP contribution is 2.08. The van der Waals surface area contributed by atoms with Gasteiger partial charge in [0.25, 0.3) is 0 Å². The summed E-state index contributed by atoms with van der Waals surface area (Å²) >= 11 is 0. The van der Waals surface area contributed by atoms with Crippen molar-refractivity contribution in [3.8, 4) is 0 Å². The van der Waals surface area contributed by atoms with Gasteiger partial charge in [0.05, 0.1) is 19.8 Å². The summed E-state index contributed by atoms with van der Waals surface area (Å²) in [6.45, 7) is 10.5. The SMILES string of the molecule is COC(=O)[C@H](CNC(=O)OC(C)(C)C)NC(=O)[C@@H](NC(=O)[C@H](CCNC(=O)OC(C)(C)C)NC(=O)OCc1ccccc1)[C@@H](C)O. The molecule has 0 aliphatic carbocycles. The van der Waals surface area contributed by atoms with Crippen LogP contribution >= 0.6 is 0 Å². The van der Waals surface area contributed by atoms with E-state index in [1.807, 2.05) is 0 Å². The lowest BCUT2D eigenvalue weighted by Gasteiger charge is -2.27. The predicted octanol–water partition coefficient (Wildman–Crippen LogP) is 1.24. The highest BCUT2D eigenvalue weighted by atomic mass is 16.6. The van der Waals surface area contributed by atoms with Crippen molar-refractivity contribution in [2.75, 3.05) is 20.2 Å². The van der Waals surface area contributed by atoms with E-state index in [4.69, 9.17) is 18.9 Å². The fourth-order valence-electron chi connectivity index (χ4n) is 3.56. The summed E-state index contributed by atoms with van der Waals surface area (Å²) in [6.07, 6.45) is -4.22. The molecule has 16 heteroatoms. The van der Waals surface area contributed by atoms with Crippen LogP contribution in [-0.2, 0) is 39.9 Å². The van der Waals surface area contributed by atoms with Crippen molar-refractivity contribution in [3.05, 3.63) is 35.9 Å². The van der Waals surface area contributed by atoms with E-state index in [1.165, 1.54) is 6.92 Å². The van der Waals surface area contributed by atoms with Gasteiger partial charge in [-0.25, -0.2) is 19.2 Å². The molecule has 0 aliphatic heterocycles. The number of rotatable bonds is 14. The van der Waals surface area contributed by atoms with Crippen molar-refractivity contribution in [3.63, 3.8) is 0 Å². The topological polar surface area (TPSA) is 220 Å². The standard InChI is InChI=1S/C30H47N5O11/c1-18(36)22(24(38)33-21(25(39)43-8)16-32-27(41)46-30(5,6)7)35-23(37)20(14-15-31-26(40)45-29(2,3)4)34-28(42)44-17-19-12-10-9-11-13-19/h9-13,18,20-22,36H,14-17H2,1-8H3,(H,31,40)(H,32,41)(H,33,38)(H,34,42)(H,35,37)/t18-,20+,21+,22+/m1/s1. The highest BCUT2D eigenvalue weighted by molar-refractivity contribution is 5.93. The fourth-order valence-corrected chi connectivity index (χ4v) is 3.56. The summed E-state index contributed by atoms with van der Waals surface area (Å²) in [5, 5.41) is 22.2. The third-order valence-electron chi connectivity index (χ3n) is 5.64. The normalized spacial score (nSPS) is 13.8. The zero-order valence-corrected chi connectivity index (χ0v) is 27.6. The van der Waals surface area contributed by atoms with E-state index in [0.717, 1.165) is 7.11 Å². The Morgan fingerprint density at radius 1 is 0.761 bits per heavy atom. The second-order valence-electron chi connectivity index (χ2n) is 12.2. The molecule has 0 unspecified atom stereocenters. The molecule has 0 fully saturated rings. The largest absolute Gasteiger partial charge is 0.467 e. The summed E-state index contributed by atoms with van der Waals surface area (Å²) in [6, 6.07) is 4.40. The predicted molar refractivity (Wildman–Crippen MR) is 164 cm³/mol. The summed E-state index contributed by atoms with van der Waals surface area (Å²) in [5.41, 5.74) is -0.906. The van der Waals surface area contributed by atoms with E-state index in [-0.39, 0.29) is 19.6 Å². The molecule has 5 amide bonds. The number of hydrogen-bond acceptors (Lipinski definition) is 11. The zero-order chi connectivity index (χ0) is 35.1. The van der Waals surface area contributed by atoms with E-state index >= 15 is 0 Å². The molecule has 258 valence electrons. The molecule has 0 aliphatic rings. The summed E-state index contributed by atoms with van der Waals surface area (Å²) < 4.78 is 20.2. The molecule has 0 saturated carbocycles. The van der Waals surface area contributed by atoms with Gasteiger partial charge >= 0.3 is 24.2 Å². The minimum Gasteiger partial charge on any atom is -0.467 e. The quantitative estimate of drug-likeness (QED) is 0.124. The molecule has 0 saturated heterocycles. The Labute approximate surface area is 268 Å². The number of carbonyl (C=O) groups excluding carboxylic acids is 6. The van der Waals surface area contributed by atoms with Gasteiger partial charge in [0, 0.05) is 6.54 Å². The smallest absolute Gasteiger partial charge is 0.408 e. The molecule has 0 bridgehead atoms. The van der Waals surface area contributed by atoms with Gasteiger partial charge in [0.1, 0.15) is 35.9 Å². The number of nitrogens with one attached hydrogen (secondary N) is 5. The third-order valence-corrected chi connectivity index (χ3v) is 5.64. The Kier molecular flexibility index (Phi) is 15.8. The maximum Gasteiger partial charge on any atom is 0.408 e. The van der Waals surface area contributed by atoms with Crippen molar-refractivity contribution in [2.45, 2.75) is 96.9 Å². The van der Waals surface area contributed by atoms with E-state index in [2.05, 4.69) is 26.6 Å². The average Bonchev–Trinajstić information content (AvgIpc) is 2.94.